The topological polar surface area (TPSA) is 43.2 Å². The van der Waals surface area contributed by atoms with E-state index in [1.807, 2.05) is 5.38 Å². The third-order valence-corrected chi connectivity index (χ3v) is 6.02. The van der Waals surface area contributed by atoms with Gasteiger partial charge >= 0.3 is 0 Å². The van der Waals surface area contributed by atoms with Gasteiger partial charge in [0.2, 0.25) is 0 Å². The number of nitrogens with zero attached hydrogens (tertiary/aromatic N) is 2. The highest BCUT2D eigenvalue weighted by molar-refractivity contribution is 7.15. The Kier molecular flexibility index (Phi) is 5.04. The molecule has 0 amide bonds. The van der Waals surface area contributed by atoms with Crippen molar-refractivity contribution < 1.29 is 14.2 Å². The lowest BCUT2D eigenvalue weighted by molar-refractivity contribution is -1.02. The van der Waals surface area contributed by atoms with Crippen LogP contribution in [0.5, 0.6) is 0 Å². The molecule has 3 aromatic rings. The van der Waals surface area contributed by atoms with Crippen molar-refractivity contribution in [2.24, 2.45) is 0 Å². The number of quaternary nitrogens is 2. The first-order chi connectivity index (χ1) is 12.6. The maximum Gasteiger partial charge on any atom is 0.258 e. The average Bonchev–Trinajstić information content (AvgIpc) is 3.08. The Morgan fingerprint density at radius 2 is 1.88 bits per heavy atom. The van der Waals surface area contributed by atoms with Crippen molar-refractivity contribution in [3.63, 3.8) is 0 Å². The number of benzene rings is 1. The van der Waals surface area contributed by atoms with Crippen molar-refractivity contribution >= 4 is 27.9 Å². The van der Waals surface area contributed by atoms with Gasteiger partial charge in [-0.15, -0.1) is 11.3 Å². The van der Waals surface area contributed by atoms with E-state index in [9.17, 15) is 9.18 Å². The van der Waals surface area contributed by atoms with E-state index in [2.05, 4.69) is 4.98 Å². The molecule has 0 saturated carbocycles. The van der Waals surface area contributed by atoms with Crippen LogP contribution in [0.4, 0.5) is 4.39 Å². The SMILES string of the molecule is O=c1cc(C[NH+]2CC[NH+](Cc3ccc(F)cc3Cl)CC2)nc2sccn12. The molecule has 1 aliphatic heterocycles. The molecular formula is C18H20ClFN4OS+2. The van der Waals surface area contributed by atoms with Crippen molar-refractivity contribution in [1.82, 2.24) is 9.38 Å². The Morgan fingerprint density at radius 3 is 2.62 bits per heavy atom. The van der Waals surface area contributed by atoms with Gasteiger partial charge in [0, 0.05) is 23.2 Å². The van der Waals surface area contributed by atoms with E-state index in [0.29, 0.717) is 5.02 Å². The van der Waals surface area contributed by atoms with Gasteiger partial charge in [0.05, 0.1) is 5.02 Å². The third-order valence-electron chi connectivity index (χ3n) is 4.91. The smallest absolute Gasteiger partial charge is 0.258 e. The molecule has 1 aromatic carbocycles. The number of halogens is 2. The van der Waals surface area contributed by atoms with Crippen molar-refractivity contribution in [2.75, 3.05) is 26.2 Å². The fourth-order valence-corrected chi connectivity index (χ4v) is 4.45. The van der Waals surface area contributed by atoms with E-state index in [1.165, 1.54) is 33.3 Å². The first-order valence-electron chi connectivity index (χ1n) is 8.65. The van der Waals surface area contributed by atoms with Gasteiger partial charge in [0.1, 0.15) is 50.8 Å². The zero-order chi connectivity index (χ0) is 18.1. The van der Waals surface area contributed by atoms with Crippen molar-refractivity contribution in [3.8, 4) is 0 Å². The number of nitrogens with one attached hydrogen (secondary N) is 2. The highest BCUT2D eigenvalue weighted by Crippen LogP contribution is 2.16. The lowest BCUT2D eigenvalue weighted by Gasteiger charge is -2.29. The van der Waals surface area contributed by atoms with Crippen LogP contribution in [0, 0.1) is 5.82 Å². The summed E-state index contributed by atoms with van der Waals surface area (Å²) in [6.45, 7) is 5.65. The molecule has 136 valence electrons. The summed E-state index contributed by atoms with van der Waals surface area (Å²) in [4.78, 5) is 20.3. The first-order valence-corrected chi connectivity index (χ1v) is 9.91. The van der Waals surface area contributed by atoms with Crippen LogP contribution in [-0.4, -0.2) is 35.6 Å². The van der Waals surface area contributed by atoms with Crippen molar-refractivity contribution in [3.05, 3.63) is 68.3 Å². The zero-order valence-electron chi connectivity index (χ0n) is 14.2. The Hall–Kier alpha value is -1.80. The monoisotopic (exact) mass is 394 g/mol. The molecule has 0 aliphatic carbocycles. The minimum absolute atomic E-state index is 0.0131. The molecule has 0 unspecified atom stereocenters. The van der Waals surface area contributed by atoms with Gasteiger partial charge in [-0.25, -0.2) is 9.37 Å². The summed E-state index contributed by atoms with van der Waals surface area (Å²) in [5.41, 5.74) is 1.84. The second-order valence-electron chi connectivity index (χ2n) is 6.73. The third kappa shape index (κ3) is 3.81. The van der Waals surface area contributed by atoms with Gasteiger partial charge in [-0.1, -0.05) is 11.6 Å². The van der Waals surface area contributed by atoms with E-state index in [4.69, 9.17) is 11.6 Å². The molecule has 0 radical (unpaired) electrons. The van der Waals surface area contributed by atoms with E-state index < -0.39 is 0 Å². The minimum atomic E-state index is -0.297. The van der Waals surface area contributed by atoms with Gasteiger partial charge in [0.15, 0.2) is 4.96 Å². The number of thiazole rings is 1. The largest absolute Gasteiger partial charge is 0.322 e. The van der Waals surface area contributed by atoms with E-state index in [0.717, 1.165) is 55.5 Å². The van der Waals surface area contributed by atoms with Gasteiger partial charge in [-0.05, 0) is 18.2 Å². The summed E-state index contributed by atoms with van der Waals surface area (Å²) >= 11 is 7.62. The molecule has 2 aromatic heterocycles. The van der Waals surface area contributed by atoms with E-state index in [-0.39, 0.29) is 11.4 Å². The van der Waals surface area contributed by atoms with Gasteiger partial charge in [-0.2, -0.15) is 0 Å². The van der Waals surface area contributed by atoms with Crippen LogP contribution in [0.2, 0.25) is 5.02 Å². The average molecular weight is 395 g/mol. The summed E-state index contributed by atoms with van der Waals surface area (Å²) in [7, 11) is 0. The van der Waals surface area contributed by atoms with Crippen LogP contribution in [0.1, 0.15) is 11.3 Å². The summed E-state index contributed by atoms with van der Waals surface area (Å²) in [6.07, 6.45) is 1.76. The van der Waals surface area contributed by atoms with E-state index >= 15 is 0 Å². The molecule has 26 heavy (non-hydrogen) atoms. The van der Waals surface area contributed by atoms with Crippen LogP contribution in [0.15, 0.2) is 40.6 Å². The zero-order valence-corrected chi connectivity index (χ0v) is 15.7. The minimum Gasteiger partial charge on any atom is -0.322 e. The highest BCUT2D eigenvalue weighted by atomic mass is 35.5. The Morgan fingerprint density at radius 1 is 1.15 bits per heavy atom. The normalized spacial score (nSPS) is 20.5. The second-order valence-corrected chi connectivity index (χ2v) is 8.01. The molecule has 4 rings (SSSR count). The quantitative estimate of drug-likeness (QED) is 0.656. The molecule has 1 saturated heterocycles. The maximum absolute atomic E-state index is 13.2. The Balaban J connectivity index is 1.36. The van der Waals surface area contributed by atoms with Crippen LogP contribution in [0.25, 0.3) is 4.96 Å². The molecule has 1 fully saturated rings. The number of fused-ring (bicyclic) bond motifs is 1. The Labute approximate surface area is 159 Å². The predicted octanol–water partition coefficient (Wildman–Crippen LogP) is 0.0321. The number of rotatable bonds is 4. The fourth-order valence-electron chi connectivity index (χ4n) is 3.48. The molecule has 1 aliphatic rings. The fraction of sp³-hybridized carbons (Fsp3) is 0.333. The molecule has 3 heterocycles. The lowest BCUT2D eigenvalue weighted by Crippen LogP contribution is -3.27. The molecule has 0 atom stereocenters. The van der Waals surface area contributed by atoms with E-state index in [1.54, 1.807) is 22.7 Å². The summed E-state index contributed by atoms with van der Waals surface area (Å²) < 4.78 is 14.7. The number of aromatic nitrogens is 2. The van der Waals surface area contributed by atoms with Crippen LogP contribution in [0.3, 0.4) is 0 Å². The molecule has 8 heteroatoms. The first kappa shape index (κ1) is 17.6. The van der Waals surface area contributed by atoms with Crippen molar-refractivity contribution in [2.45, 2.75) is 13.1 Å². The van der Waals surface area contributed by atoms with Crippen LogP contribution >= 0.6 is 22.9 Å². The predicted molar refractivity (Wildman–Crippen MR) is 99.6 cm³/mol. The summed E-state index contributed by atoms with van der Waals surface area (Å²) in [6, 6.07) is 6.26. The lowest BCUT2D eigenvalue weighted by atomic mass is 10.2. The number of hydrogen-bond acceptors (Lipinski definition) is 3. The standard InChI is InChI=1S/C18H18ClFN4OS/c19-16-9-14(20)2-1-13(16)11-22-3-5-23(6-4-22)12-15-10-17(25)24-7-8-26-18(24)21-15/h1-2,7-10H,3-6,11-12H2/p+2. The van der Waals surface area contributed by atoms with Gasteiger partial charge in [-0.3, -0.25) is 9.20 Å². The number of hydrogen-bond donors (Lipinski definition) is 2. The van der Waals surface area contributed by atoms with Gasteiger partial charge < -0.3 is 9.80 Å². The highest BCUT2D eigenvalue weighted by Gasteiger charge is 2.24. The van der Waals surface area contributed by atoms with Gasteiger partial charge in [0.25, 0.3) is 5.56 Å². The molecule has 5 nitrogen and oxygen atoms in total. The molecule has 0 spiro atoms. The number of piperazine rings is 1. The van der Waals surface area contributed by atoms with Crippen LogP contribution < -0.4 is 15.4 Å². The maximum atomic E-state index is 13.2. The molecule has 0 bridgehead atoms. The summed E-state index contributed by atoms with van der Waals surface area (Å²) in [5, 5.41) is 2.38. The Bertz CT molecular complexity index is 981. The van der Waals surface area contributed by atoms with Crippen LogP contribution in [-0.2, 0) is 13.1 Å². The molecular weight excluding hydrogens is 375 g/mol. The summed E-state index contributed by atoms with van der Waals surface area (Å²) in [5.74, 6) is -0.297. The van der Waals surface area contributed by atoms with Crippen molar-refractivity contribution in [1.29, 1.82) is 0 Å². The molecule has 2 N–H and O–H groups in total. The second kappa shape index (κ2) is 7.44.